The highest BCUT2D eigenvalue weighted by atomic mass is 19.1. The number of aromatic nitrogens is 2. The van der Waals surface area contributed by atoms with Gasteiger partial charge in [-0.15, -0.1) is 0 Å². The highest BCUT2D eigenvalue weighted by molar-refractivity contribution is 5.64. The summed E-state index contributed by atoms with van der Waals surface area (Å²) in [6, 6.07) is 9.06. The molecule has 0 aliphatic carbocycles. The zero-order valence-corrected chi connectivity index (χ0v) is 16.5. The van der Waals surface area contributed by atoms with Crippen molar-refractivity contribution in [2.45, 2.75) is 39.0 Å². The number of hydrogen-bond donors (Lipinski definition) is 0. The molecule has 2 aromatic heterocycles. The average Bonchev–Trinajstić information content (AvgIpc) is 2.91. The summed E-state index contributed by atoms with van der Waals surface area (Å²) in [6.07, 6.45) is 10.1. The average molecular weight is 381 g/mol. The Labute approximate surface area is 166 Å². The van der Waals surface area contributed by atoms with Crippen LogP contribution in [0.15, 0.2) is 42.7 Å². The Hall–Kier alpha value is -2.40. The summed E-state index contributed by atoms with van der Waals surface area (Å²) in [4.78, 5) is 7.06. The largest absolute Gasteiger partial charge is 0.493 e. The molecule has 3 aromatic rings. The lowest BCUT2D eigenvalue weighted by atomic mass is 10.1. The summed E-state index contributed by atoms with van der Waals surface area (Å²) >= 11 is 0. The number of imidazole rings is 1. The number of fused-ring (bicyclic) bond motifs is 1. The van der Waals surface area contributed by atoms with Crippen LogP contribution in [0.4, 0.5) is 4.39 Å². The van der Waals surface area contributed by atoms with Crippen LogP contribution < -0.4 is 4.74 Å². The van der Waals surface area contributed by atoms with E-state index >= 15 is 0 Å². The van der Waals surface area contributed by atoms with Crippen molar-refractivity contribution >= 4 is 5.65 Å². The molecule has 28 heavy (non-hydrogen) atoms. The lowest BCUT2D eigenvalue weighted by Crippen LogP contribution is -2.26. The second kappa shape index (κ2) is 8.74. The second-order valence-corrected chi connectivity index (χ2v) is 7.70. The molecular weight excluding hydrogens is 353 g/mol. The van der Waals surface area contributed by atoms with Crippen molar-refractivity contribution in [1.82, 2.24) is 14.3 Å². The maximum absolute atomic E-state index is 14.7. The fourth-order valence-corrected chi connectivity index (χ4v) is 3.84. The molecule has 0 atom stereocenters. The number of ether oxygens (including phenoxy) is 1. The highest BCUT2D eigenvalue weighted by Crippen LogP contribution is 2.26. The quantitative estimate of drug-likeness (QED) is 0.557. The van der Waals surface area contributed by atoms with Crippen LogP contribution >= 0.6 is 0 Å². The van der Waals surface area contributed by atoms with Crippen LogP contribution in [0.2, 0.25) is 0 Å². The molecular formula is C23H28FN3O. The van der Waals surface area contributed by atoms with Crippen LogP contribution in [0.25, 0.3) is 16.9 Å². The number of rotatable bonds is 6. The van der Waals surface area contributed by atoms with Gasteiger partial charge in [0.05, 0.1) is 12.3 Å². The van der Waals surface area contributed by atoms with Gasteiger partial charge >= 0.3 is 0 Å². The fraction of sp³-hybridized carbons (Fsp3) is 0.435. The number of hydrogen-bond acceptors (Lipinski definition) is 3. The molecule has 0 spiro atoms. The van der Waals surface area contributed by atoms with Crippen molar-refractivity contribution in [3.63, 3.8) is 0 Å². The van der Waals surface area contributed by atoms with Gasteiger partial charge in [-0.2, -0.15) is 0 Å². The van der Waals surface area contributed by atoms with E-state index in [0.717, 1.165) is 24.2 Å². The zero-order chi connectivity index (χ0) is 19.3. The summed E-state index contributed by atoms with van der Waals surface area (Å²) in [7, 11) is 0. The Balaban J connectivity index is 1.35. The molecule has 1 fully saturated rings. The van der Waals surface area contributed by atoms with Gasteiger partial charge in [-0.25, -0.2) is 9.37 Å². The number of halogens is 1. The molecule has 1 aliphatic rings. The third kappa shape index (κ3) is 4.53. The molecule has 0 amide bonds. The number of pyridine rings is 1. The van der Waals surface area contributed by atoms with E-state index in [4.69, 9.17) is 4.74 Å². The molecule has 4 nitrogen and oxygen atoms in total. The number of likely N-dealkylation sites (tertiary alicyclic amines) is 1. The molecule has 0 radical (unpaired) electrons. The molecule has 3 heterocycles. The van der Waals surface area contributed by atoms with Crippen molar-refractivity contribution in [2.24, 2.45) is 0 Å². The van der Waals surface area contributed by atoms with Crippen LogP contribution in [0.5, 0.6) is 5.75 Å². The molecule has 1 saturated heterocycles. The van der Waals surface area contributed by atoms with Gasteiger partial charge in [-0.05, 0) is 69.1 Å². The van der Waals surface area contributed by atoms with E-state index in [1.165, 1.54) is 44.8 Å². The van der Waals surface area contributed by atoms with Gasteiger partial charge < -0.3 is 14.0 Å². The van der Waals surface area contributed by atoms with E-state index in [1.54, 1.807) is 6.07 Å². The van der Waals surface area contributed by atoms with Crippen molar-refractivity contribution in [3.8, 4) is 17.0 Å². The first-order valence-corrected chi connectivity index (χ1v) is 10.3. The molecule has 0 saturated carbocycles. The van der Waals surface area contributed by atoms with E-state index < -0.39 is 0 Å². The van der Waals surface area contributed by atoms with Gasteiger partial charge in [-0.1, -0.05) is 12.8 Å². The highest BCUT2D eigenvalue weighted by Gasteiger charge is 2.12. The topological polar surface area (TPSA) is 29.8 Å². The van der Waals surface area contributed by atoms with Gasteiger partial charge in [0.2, 0.25) is 0 Å². The predicted molar refractivity (Wildman–Crippen MR) is 110 cm³/mol. The number of benzene rings is 1. The third-order valence-electron chi connectivity index (χ3n) is 5.42. The van der Waals surface area contributed by atoms with Gasteiger partial charge in [0.1, 0.15) is 17.2 Å². The maximum Gasteiger partial charge on any atom is 0.137 e. The molecule has 148 valence electrons. The monoisotopic (exact) mass is 381 g/mol. The van der Waals surface area contributed by atoms with E-state index in [2.05, 4.69) is 9.88 Å². The number of aryl methyl sites for hydroxylation is 1. The van der Waals surface area contributed by atoms with E-state index in [9.17, 15) is 4.39 Å². The van der Waals surface area contributed by atoms with Crippen LogP contribution in [0.1, 0.15) is 37.7 Å². The lowest BCUT2D eigenvalue weighted by Gasteiger charge is -2.19. The zero-order valence-electron chi connectivity index (χ0n) is 16.5. The van der Waals surface area contributed by atoms with E-state index in [0.29, 0.717) is 23.6 Å². The second-order valence-electron chi connectivity index (χ2n) is 7.70. The van der Waals surface area contributed by atoms with Crippen molar-refractivity contribution in [2.75, 3.05) is 26.2 Å². The van der Waals surface area contributed by atoms with Crippen LogP contribution in [0.3, 0.4) is 0 Å². The maximum atomic E-state index is 14.7. The smallest absolute Gasteiger partial charge is 0.137 e. The van der Waals surface area contributed by atoms with Gasteiger partial charge in [0.25, 0.3) is 0 Å². The van der Waals surface area contributed by atoms with Crippen molar-refractivity contribution < 1.29 is 9.13 Å². The molecule has 4 rings (SSSR count). The minimum Gasteiger partial charge on any atom is -0.493 e. The summed E-state index contributed by atoms with van der Waals surface area (Å²) < 4.78 is 22.3. The first-order valence-electron chi connectivity index (χ1n) is 10.3. The summed E-state index contributed by atoms with van der Waals surface area (Å²) in [5, 5.41) is 0. The first kappa shape index (κ1) is 18.9. The molecule has 0 bridgehead atoms. The molecule has 1 aromatic carbocycles. The van der Waals surface area contributed by atoms with Gasteiger partial charge in [-0.3, -0.25) is 0 Å². The SMILES string of the molecule is Cc1ccn2cc(-c3ccc(OCCCN4CCCCCC4)cc3F)nc2c1. The van der Waals surface area contributed by atoms with Crippen LogP contribution in [0, 0.1) is 12.7 Å². The van der Waals surface area contributed by atoms with Gasteiger partial charge in [0.15, 0.2) is 0 Å². The fourth-order valence-electron chi connectivity index (χ4n) is 3.84. The van der Waals surface area contributed by atoms with E-state index in [1.807, 2.05) is 41.9 Å². The number of nitrogens with zero attached hydrogens (tertiary/aromatic N) is 3. The Bertz CT molecular complexity index is 929. The van der Waals surface area contributed by atoms with Crippen LogP contribution in [-0.2, 0) is 0 Å². The Kier molecular flexibility index (Phi) is 5.91. The van der Waals surface area contributed by atoms with Crippen LogP contribution in [-0.4, -0.2) is 40.5 Å². The molecule has 5 heteroatoms. The minimum absolute atomic E-state index is 0.301. The minimum atomic E-state index is -0.301. The summed E-state index contributed by atoms with van der Waals surface area (Å²) in [5.74, 6) is 0.280. The Morgan fingerprint density at radius 3 is 2.68 bits per heavy atom. The summed E-state index contributed by atoms with van der Waals surface area (Å²) in [5.41, 5.74) is 3.09. The first-order chi connectivity index (χ1) is 13.7. The molecule has 0 unspecified atom stereocenters. The summed E-state index contributed by atoms with van der Waals surface area (Å²) in [6.45, 7) is 6.09. The Morgan fingerprint density at radius 1 is 1.07 bits per heavy atom. The van der Waals surface area contributed by atoms with Gasteiger partial charge in [0, 0.05) is 30.6 Å². The van der Waals surface area contributed by atoms with E-state index in [-0.39, 0.29) is 5.82 Å². The molecule has 0 N–H and O–H groups in total. The standard InChI is InChI=1S/C23H28FN3O/c1-18-9-13-27-17-22(25-23(27)15-18)20-8-7-19(16-21(20)24)28-14-6-12-26-10-4-2-3-5-11-26/h7-9,13,15-17H,2-6,10-12,14H2,1H3. The Morgan fingerprint density at radius 2 is 1.89 bits per heavy atom. The third-order valence-corrected chi connectivity index (χ3v) is 5.42. The molecule has 1 aliphatic heterocycles. The van der Waals surface area contributed by atoms with Crippen molar-refractivity contribution in [1.29, 1.82) is 0 Å². The van der Waals surface area contributed by atoms with Crippen molar-refractivity contribution in [3.05, 3.63) is 54.1 Å². The lowest BCUT2D eigenvalue weighted by molar-refractivity contribution is 0.239. The predicted octanol–water partition coefficient (Wildman–Crippen LogP) is 5.09. The normalized spacial score (nSPS) is 15.6.